The van der Waals surface area contributed by atoms with E-state index in [1.807, 2.05) is 35.2 Å². The van der Waals surface area contributed by atoms with Gasteiger partial charge in [0.25, 0.3) is 5.91 Å². The molecule has 1 saturated heterocycles. The number of rotatable bonds is 4. The molecule has 1 aliphatic rings. The molecule has 0 bridgehead atoms. The SMILES string of the molecule is CC(Oc1ccccc1)C(=O)N1CC(CN)CC1C. The van der Waals surface area contributed by atoms with E-state index in [1.165, 1.54) is 0 Å². The van der Waals surface area contributed by atoms with Crippen LogP contribution < -0.4 is 10.5 Å². The summed E-state index contributed by atoms with van der Waals surface area (Å²) < 4.78 is 5.68. The second-order valence-electron chi connectivity index (χ2n) is 5.25. The summed E-state index contributed by atoms with van der Waals surface area (Å²) in [6, 6.07) is 9.70. The van der Waals surface area contributed by atoms with Crippen molar-refractivity contribution in [2.45, 2.75) is 32.4 Å². The smallest absolute Gasteiger partial charge is 0.263 e. The minimum Gasteiger partial charge on any atom is -0.481 e. The third-order valence-corrected chi connectivity index (χ3v) is 3.68. The van der Waals surface area contributed by atoms with Crippen LogP contribution >= 0.6 is 0 Å². The molecule has 19 heavy (non-hydrogen) atoms. The largest absolute Gasteiger partial charge is 0.481 e. The Bertz CT molecular complexity index is 421. The van der Waals surface area contributed by atoms with Gasteiger partial charge in [0.1, 0.15) is 5.75 Å². The number of nitrogens with two attached hydrogens (primary N) is 1. The van der Waals surface area contributed by atoms with Gasteiger partial charge in [0.15, 0.2) is 6.10 Å². The standard InChI is InChI=1S/C15H22N2O2/c1-11-8-13(9-16)10-17(11)15(18)12(2)19-14-6-4-3-5-7-14/h3-7,11-13H,8-10,16H2,1-2H3. The van der Waals surface area contributed by atoms with Crippen molar-refractivity contribution in [2.24, 2.45) is 11.7 Å². The predicted molar refractivity (Wildman–Crippen MR) is 74.9 cm³/mol. The average molecular weight is 262 g/mol. The maximum Gasteiger partial charge on any atom is 0.263 e. The molecule has 0 aliphatic carbocycles. The van der Waals surface area contributed by atoms with Crippen LogP contribution in [0, 0.1) is 5.92 Å². The van der Waals surface area contributed by atoms with Crippen LogP contribution in [0.5, 0.6) is 5.75 Å². The molecule has 1 aromatic carbocycles. The average Bonchev–Trinajstić information content (AvgIpc) is 2.80. The van der Waals surface area contributed by atoms with Gasteiger partial charge in [-0.25, -0.2) is 0 Å². The Balaban J connectivity index is 1.96. The number of ether oxygens (including phenoxy) is 1. The Labute approximate surface area is 114 Å². The van der Waals surface area contributed by atoms with Crippen LogP contribution in [0.15, 0.2) is 30.3 Å². The minimum atomic E-state index is -0.457. The van der Waals surface area contributed by atoms with Gasteiger partial charge in [0.2, 0.25) is 0 Å². The first-order chi connectivity index (χ1) is 9.11. The van der Waals surface area contributed by atoms with Gasteiger partial charge in [-0.3, -0.25) is 4.79 Å². The molecule has 0 spiro atoms. The van der Waals surface area contributed by atoms with E-state index in [2.05, 4.69) is 6.92 Å². The van der Waals surface area contributed by atoms with E-state index in [1.54, 1.807) is 6.92 Å². The fourth-order valence-corrected chi connectivity index (χ4v) is 2.61. The van der Waals surface area contributed by atoms with Crippen LogP contribution in [0.4, 0.5) is 0 Å². The number of carbonyl (C=O) groups excluding carboxylic acids is 1. The van der Waals surface area contributed by atoms with Gasteiger partial charge in [-0.2, -0.15) is 0 Å². The summed E-state index contributed by atoms with van der Waals surface area (Å²) in [5, 5.41) is 0. The number of nitrogens with zero attached hydrogens (tertiary/aromatic N) is 1. The zero-order chi connectivity index (χ0) is 13.8. The van der Waals surface area contributed by atoms with Crippen LogP contribution in [0.3, 0.4) is 0 Å². The van der Waals surface area contributed by atoms with Crippen LogP contribution in [0.1, 0.15) is 20.3 Å². The number of likely N-dealkylation sites (tertiary alicyclic amines) is 1. The maximum absolute atomic E-state index is 12.4. The first-order valence-corrected chi connectivity index (χ1v) is 6.84. The highest BCUT2D eigenvalue weighted by atomic mass is 16.5. The molecule has 4 nitrogen and oxygen atoms in total. The zero-order valence-electron chi connectivity index (χ0n) is 11.6. The molecule has 104 valence electrons. The number of amides is 1. The summed E-state index contributed by atoms with van der Waals surface area (Å²) in [5.41, 5.74) is 5.69. The molecule has 2 N–H and O–H groups in total. The van der Waals surface area contributed by atoms with E-state index in [0.717, 1.165) is 18.7 Å². The Kier molecular flexibility index (Phi) is 4.43. The van der Waals surface area contributed by atoms with Crippen LogP contribution in [-0.2, 0) is 4.79 Å². The van der Waals surface area contributed by atoms with Gasteiger partial charge >= 0.3 is 0 Å². The second-order valence-corrected chi connectivity index (χ2v) is 5.25. The fraction of sp³-hybridized carbons (Fsp3) is 0.533. The highest BCUT2D eigenvalue weighted by Crippen LogP contribution is 2.23. The Hall–Kier alpha value is -1.55. The Morgan fingerprint density at radius 2 is 2.16 bits per heavy atom. The molecule has 0 aromatic heterocycles. The third-order valence-electron chi connectivity index (χ3n) is 3.68. The van der Waals surface area contributed by atoms with Crippen molar-refractivity contribution in [3.8, 4) is 5.75 Å². The number of hydrogen-bond acceptors (Lipinski definition) is 3. The fourth-order valence-electron chi connectivity index (χ4n) is 2.61. The van der Waals surface area contributed by atoms with Crippen molar-refractivity contribution in [1.29, 1.82) is 0 Å². The Morgan fingerprint density at radius 1 is 1.47 bits per heavy atom. The lowest BCUT2D eigenvalue weighted by atomic mass is 10.1. The molecule has 1 fully saturated rings. The van der Waals surface area contributed by atoms with Crippen LogP contribution in [0.25, 0.3) is 0 Å². The lowest BCUT2D eigenvalue weighted by molar-refractivity contribution is -0.138. The highest BCUT2D eigenvalue weighted by Gasteiger charge is 2.34. The van der Waals surface area contributed by atoms with E-state index < -0.39 is 6.10 Å². The molecule has 1 aliphatic heterocycles. The van der Waals surface area contributed by atoms with E-state index >= 15 is 0 Å². The topological polar surface area (TPSA) is 55.6 Å². The molecule has 3 unspecified atom stereocenters. The van der Waals surface area contributed by atoms with Gasteiger partial charge in [0, 0.05) is 12.6 Å². The summed E-state index contributed by atoms with van der Waals surface area (Å²) in [6.45, 7) is 5.27. The first kappa shape index (κ1) is 13.9. The number of hydrogen-bond donors (Lipinski definition) is 1. The van der Waals surface area contributed by atoms with Crippen molar-refractivity contribution in [1.82, 2.24) is 4.90 Å². The first-order valence-electron chi connectivity index (χ1n) is 6.84. The van der Waals surface area contributed by atoms with Gasteiger partial charge in [-0.1, -0.05) is 18.2 Å². The second kappa shape index (κ2) is 6.06. The van der Waals surface area contributed by atoms with E-state index in [9.17, 15) is 4.79 Å². The van der Waals surface area contributed by atoms with Gasteiger partial charge in [0.05, 0.1) is 0 Å². The van der Waals surface area contributed by atoms with Crippen molar-refractivity contribution in [2.75, 3.05) is 13.1 Å². The zero-order valence-corrected chi connectivity index (χ0v) is 11.6. The number of benzene rings is 1. The summed E-state index contributed by atoms with van der Waals surface area (Å²) in [4.78, 5) is 14.3. The molecular formula is C15H22N2O2. The van der Waals surface area contributed by atoms with E-state index in [4.69, 9.17) is 10.5 Å². The van der Waals surface area contributed by atoms with Crippen molar-refractivity contribution < 1.29 is 9.53 Å². The Morgan fingerprint density at radius 3 is 2.74 bits per heavy atom. The maximum atomic E-state index is 12.4. The number of carbonyl (C=O) groups is 1. The van der Waals surface area contributed by atoms with Crippen LogP contribution in [-0.4, -0.2) is 36.0 Å². The molecule has 1 aromatic rings. The minimum absolute atomic E-state index is 0.0484. The summed E-state index contributed by atoms with van der Waals surface area (Å²) in [6.07, 6.45) is 0.529. The molecule has 2 rings (SSSR count). The predicted octanol–water partition coefficient (Wildman–Crippen LogP) is 1.65. The lowest BCUT2D eigenvalue weighted by Crippen LogP contribution is -2.42. The molecule has 3 atom stereocenters. The van der Waals surface area contributed by atoms with Crippen LogP contribution in [0.2, 0.25) is 0 Å². The molecule has 1 amide bonds. The lowest BCUT2D eigenvalue weighted by Gasteiger charge is -2.25. The monoisotopic (exact) mass is 262 g/mol. The normalized spacial score (nSPS) is 24.3. The molecule has 0 radical (unpaired) electrons. The van der Waals surface area contributed by atoms with Crippen molar-refractivity contribution in [3.05, 3.63) is 30.3 Å². The van der Waals surface area contributed by atoms with E-state index in [-0.39, 0.29) is 11.9 Å². The summed E-state index contributed by atoms with van der Waals surface area (Å²) in [5.74, 6) is 1.20. The van der Waals surface area contributed by atoms with Crippen molar-refractivity contribution in [3.63, 3.8) is 0 Å². The quantitative estimate of drug-likeness (QED) is 0.897. The third kappa shape index (κ3) is 3.26. The van der Waals surface area contributed by atoms with E-state index in [0.29, 0.717) is 12.5 Å². The van der Waals surface area contributed by atoms with Gasteiger partial charge in [-0.05, 0) is 44.9 Å². The summed E-state index contributed by atoms with van der Waals surface area (Å²) >= 11 is 0. The van der Waals surface area contributed by atoms with Gasteiger partial charge in [-0.15, -0.1) is 0 Å². The van der Waals surface area contributed by atoms with Crippen molar-refractivity contribution >= 4 is 5.91 Å². The highest BCUT2D eigenvalue weighted by molar-refractivity contribution is 5.81. The molecule has 1 heterocycles. The summed E-state index contributed by atoms with van der Waals surface area (Å²) in [7, 11) is 0. The molecule has 0 saturated carbocycles. The number of para-hydroxylation sites is 1. The molecular weight excluding hydrogens is 240 g/mol. The van der Waals surface area contributed by atoms with Gasteiger partial charge < -0.3 is 15.4 Å². The molecule has 4 heteroatoms.